The molecule has 76 valence electrons. The normalized spacial score (nSPS) is 23.9. The molecular formula is C8H16N2O2S. The van der Waals surface area contributed by atoms with Crippen LogP contribution in [0.5, 0.6) is 0 Å². The van der Waals surface area contributed by atoms with Gasteiger partial charge in [-0.15, -0.1) is 0 Å². The maximum Gasteiger partial charge on any atom is 0.175 e. The smallest absolute Gasteiger partial charge is 0.175 e. The van der Waals surface area contributed by atoms with Gasteiger partial charge in [-0.25, -0.2) is 8.42 Å². The van der Waals surface area contributed by atoms with Crippen LogP contribution in [0.3, 0.4) is 0 Å². The average molecular weight is 204 g/mol. The van der Waals surface area contributed by atoms with E-state index in [9.17, 15) is 8.42 Å². The largest absolute Gasteiger partial charge is 0.345 e. The highest BCUT2D eigenvalue weighted by Crippen LogP contribution is 2.17. The number of hydrogen-bond donors (Lipinski definition) is 0. The first-order valence-corrected chi connectivity index (χ1v) is 5.95. The maximum absolute atomic E-state index is 11.8. The Morgan fingerprint density at radius 1 is 1.54 bits per heavy atom. The summed E-state index contributed by atoms with van der Waals surface area (Å²) in [7, 11) is -1.27. The van der Waals surface area contributed by atoms with Crippen molar-refractivity contribution in [2.24, 2.45) is 4.99 Å². The topological polar surface area (TPSA) is 49.7 Å². The van der Waals surface area contributed by atoms with Crippen LogP contribution >= 0.6 is 0 Å². The molecule has 1 heterocycles. The molecule has 0 fully saturated rings. The lowest BCUT2D eigenvalue weighted by Crippen LogP contribution is -2.41. The Labute approximate surface area is 79.6 Å². The zero-order chi connectivity index (χ0) is 10.2. The SMILES string of the molecule is CC1=NCC(S(=O)(=O)C(C)C)N1C. The minimum absolute atomic E-state index is 0.332. The minimum atomic E-state index is -3.05. The third-order valence-corrected chi connectivity index (χ3v) is 4.99. The van der Waals surface area contributed by atoms with Crippen LogP contribution in [0, 0.1) is 0 Å². The molecule has 4 nitrogen and oxygen atoms in total. The summed E-state index contributed by atoms with van der Waals surface area (Å²) in [5.74, 6) is 0.800. The maximum atomic E-state index is 11.8. The monoisotopic (exact) mass is 204 g/mol. The van der Waals surface area contributed by atoms with E-state index in [4.69, 9.17) is 0 Å². The summed E-state index contributed by atoms with van der Waals surface area (Å²) >= 11 is 0. The Kier molecular flexibility index (Phi) is 2.66. The van der Waals surface area contributed by atoms with Crippen molar-refractivity contribution in [3.05, 3.63) is 0 Å². The third-order valence-electron chi connectivity index (χ3n) is 2.46. The Morgan fingerprint density at radius 3 is 2.38 bits per heavy atom. The van der Waals surface area contributed by atoms with E-state index in [0.29, 0.717) is 6.54 Å². The Hall–Kier alpha value is -0.580. The number of rotatable bonds is 2. The van der Waals surface area contributed by atoms with Gasteiger partial charge in [0, 0.05) is 7.05 Å². The van der Waals surface area contributed by atoms with Crippen LogP contribution < -0.4 is 0 Å². The van der Waals surface area contributed by atoms with Crippen molar-refractivity contribution in [1.82, 2.24) is 4.90 Å². The van der Waals surface area contributed by atoms with Crippen molar-refractivity contribution < 1.29 is 8.42 Å². The Bertz CT molecular complexity index is 319. The second kappa shape index (κ2) is 3.29. The molecule has 0 aliphatic carbocycles. The van der Waals surface area contributed by atoms with Crippen LogP contribution in [0.15, 0.2) is 4.99 Å². The minimum Gasteiger partial charge on any atom is -0.345 e. The first-order chi connectivity index (χ1) is 5.87. The molecule has 1 aliphatic rings. The molecule has 0 saturated carbocycles. The van der Waals surface area contributed by atoms with Crippen LogP contribution in [-0.2, 0) is 9.84 Å². The summed E-state index contributed by atoms with van der Waals surface area (Å²) in [5, 5.41) is -0.784. The van der Waals surface area contributed by atoms with E-state index in [2.05, 4.69) is 4.99 Å². The molecule has 0 saturated heterocycles. The third kappa shape index (κ3) is 1.70. The van der Waals surface area contributed by atoms with E-state index in [1.807, 2.05) is 6.92 Å². The fraction of sp³-hybridized carbons (Fsp3) is 0.875. The van der Waals surface area contributed by atoms with Crippen molar-refractivity contribution in [2.75, 3.05) is 13.6 Å². The van der Waals surface area contributed by atoms with Crippen LogP contribution in [0.1, 0.15) is 20.8 Å². The molecule has 0 radical (unpaired) electrons. The van der Waals surface area contributed by atoms with Gasteiger partial charge < -0.3 is 4.90 Å². The van der Waals surface area contributed by atoms with Gasteiger partial charge in [-0.2, -0.15) is 0 Å². The highest BCUT2D eigenvalue weighted by Gasteiger charge is 2.35. The van der Waals surface area contributed by atoms with E-state index in [0.717, 1.165) is 5.84 Å². The molecule has 1 aliphatic heterocycles. The summed E-state index contributed by atoms with van der Waals surface area (Å²) in [6, 6.07) is 0. The van der Waals surface area contributed by atoms with Gasteiger partial charge in [-0.3, -0.25) is 4.99 Å². The van der Waals surface area contributed by atoms with Gasteiger partial charge >= 0.3 is 0 Å². The number of aliphatic imine (C=N–C) groups is 1. The van der Waals surface area contributed by atoms with Crippen LogP contribution in [0.25, 0.3) is 0 Å². The standard InChI is InChI=1S/C8H16N2O2S/c1-6(2)13(11,12)8-5-9-7(3)10(8)4/h6,8H,5H2,1-4H3. The average Bonchev–Trinajstić information content (AvgIpc) is 2.33. The summed E-state index contributed by atoms with van der Waals surface area (Å²) in [4.78, 5) is 5.84. The highest BCUT2D eigenvalue weighted by atomic mass is 32.2. The quantitative estimate of drug-likeness (QED) is 0.658. The van der Waals surface area contributed by atoms with Crippen LogP contribution in [0.2, 0.25) is 0 Å². The summed E-state index contributed by atoms with van der Waals surface area (Å²) in [6.07, 6.45) is 0. The molecule has 0 aromatic heterocycles. The lowest BCUT2D eigenvalue weighted by molar-refractivity contribution is 0.468. The molecule has 1 atom stereocenters. The van der Waals surface area contributed by atoms with Gasteiger partial charge in [0.15, 0.2) is 15.2 Å². The van der Waals surface area contributed by atoms with Crippen molar-refractivity contribution >= 4 is 15.7 Å². The van der Waals surface area contributed by atoms with Gasteiger partial charge in [0.2, 0.25) is 0 Å². The van der Waals surface area contributed by atoms with Crippen molar-refractivity contribution in [3.8, 4) is 0 Å². The molecule has 5 heteroatoms. The van der Waals surface area contributed by atoms with Gasteiger partial charge in [-0.1, -0.05) is 0 Å². The predicted octanol–water partition coefficient (Wildman–Crippen LogP) is 0.500. The lowest BCUT2D eigenvalue weighted by Gasteiger charge is -2.23. The van der Waals surface area contributed by atoms with E-state index >= 15 is 0 Å². The summed E-state index contributed by atoms with van der Waals surface area (Å²) in [5.41, 5.74) is 0. The van der Waals surface area contributed by atoms with Crippen molar-refractivity contribution in [3.63, 3.8) is 0 Å². The molecule has 0 spiro atoms. The van der Waals surface area contributed by atoms with Gasteiger partial charge in [-0.05, 0) is 20.8 Å². The summed E-state index contributed by atoms with van der Waals surface area (Å²) in [6.45, 7) is 5.62. The van der Waals surface area contributed by atoms with Gasteiger partial charge in [0.05, 0.1) is 17.6 Å². The molecule has 0 aromatic rings. The predicted molar refractivity (Wildman–Crippen MR) is 53.6 cm³/mol. The summed E-state index contributed by atoms with van der Waals surface area (Å²) < 4.78 is 23.5. The second-order valence-electron chi connectivity index (χ2n) is 3.59. The van der Waals surface area contributed by atoms with Crippen molar-refractivity contribution in [1.29, 1.82) is 0 Å². The zero-order valence-corrected chi connectivity index (χ0v) is 9.30. The molecule has 0 aromatic carbocycles. The Balaban J connectivity index is 2.89. The van der Waals surface area contributed by atoms with E-state index in [1.165, 1.54) is 0 Å². The fourth-order valence-corrected chi connectivity index (χ4v) is 2.80. The molecular weight excluding hydrogens is 188 g/mol. The Morgan fingerprint density at radius 2 is 2.08 bits per heavy atom. The number of hydrogen-bond acceptors (Lipinski definition) is 4. The number of amidine groups is 1. The number of sulfone groups is 1. The molecule has 0 amide bonds. The first kappa shape index (κ1) is 10.5. The van der Waals surface area contributed by atoms with Crippen LogP contribution in [0.4, 0.5) is 0 Å². The fourth-order valence-electron chi connectivity index (χ4n) is 1.29. The number of nitrogens with zero attached hydrogens (tertiary/aromatic N) is 2. The molecule has 1 unspecified atom stereocenters. The van der Waals surface area contributed by atoms with E-state index in [1.54, 1.807) is 25.8 Å². The van der Waals surface area contributed by atoms with Gasteiger partial charge in [0.1, 0.15) is 0 Å². The molecule has 0 N–H and O–H groups in total. The van der Waals surface area contributed by atoms with Crippen molar-refractivity contribution in [2.45, 2.75) is 31.4 Å². The first-order valence-electron chi connectivity index (χ1n) is 4.34. The van der Waals surface area contributed by atoms with E-state index < -0.39 is 15.2 Å². The molecule has 1 rings (SSSR count). The second-order valence-corrected chi connectivity index (χ2v) is 6.26. The molecule has 13 heavy (non-hydrogen) atoms. The molecule has 0 bridgehead atoms. The zero-order valence-electron chi connectivity index (χ0n) is 8.48. The number of likely N-dealkylation sites (N-methyl/N-ethyl adjacent to an activating group) is 1. The lowest BCUT2D eigenvalue weighted by atomic mass is 10.6. The van der Waals surface area contributed by atoms with Gasteiger partial charge in [0.25, 0.3) is 0 Å². The van der Waals surface area contributed by atoms with Crippen LogP contribution in [-0.4, -0.2) is 43.4 Å². The van der Waals surface area contributed by atoms with E-state index in [-0.39, 0.29) is 5.25 Å². The highest BCUT2D eigenvalue weighted by molar-refractivity contribution is 7.92.